The second-order valence-electron chi connectivity index (χ2n) is 3.13. The highest BCUT2D eigenvalue weighted by molar-refractivity contribution is 9.09. The van der Waals surface area contributed by atoms with Crippen molar-refractivity contribution in [1.82, 2.24) is 0 Å². The van der Waals surface area contributed by atoms with E-state index in [0.717, 1.165) is 11.1 Å². The van der Waals surface area contributed by atoms with E-state index in [1.807, 2.05) is 19.1 Å². The molecule has 2 nitrogen and oxygen atoms in total. The molecule has 0 fully saturated rings. The van der Waals surface area contributed by atoms with Crippen LogP contribution in [0.25, 0.3) is 0 Å². The number of phenols is 1. The van der Waals surface area contributed by atoms with Crippen LogP contribution in [0.15, 0.2) is 18.2 Å². The number of aromatic hydroxyl groups is 1. The van der Waals surface area contributed by atoms with E-state index in [1.165, 1.54) is 0 Å². The van der Waals surface area contributed by atoms with E-state index in [2.05, 4.69) is 15.9 Å². The Kier molecular flexibility index (Phi) is 3.75. The van der Waals surface area contributed by atoms with Crippen LogP contribution < -0.4 is 0 Å². The van der Waals surface area contributed by atoms with Crippen LogP contribution in [-0.2, 0) is 6.42 Å². The summed E-state index contributed by atoms with van der Waals surface area (Å²) in [5, 5.41) is 19.2. The first-order valence-electron chi connectivity index (χ1n) is 4.16. The number of hydrogen-bond donors (Lipinski definition) is 2. The van der Waals surface area contributed by atoms with Gasteiger partial charge in [-0.1, -0.05) is 28.1 Å². The molecule has 0 saturated heterocycles. The van der Waals surface area contributed by atoms with Gasteiger partial charge in [-0.05, 0) is 30.5 Å². The predicted molar refractivity (Wildman–Crippen MR) is 56.3 cm³/mol. The Morgan fingerprint density at radius 1 is 1.46 bits per heavy atom. The Morgan fingerprint density at radius 2 is 2.15 bits per heavy atom. The number of hydrogen-bond acceptors (Lipinski definition) is 2. The van der Waals surface area contributed by atoms with E-state index in [-0.39, 0.29) is 6.10 Å². The van der Waals surface area contributed by atoms with Gasteiger partial charge in [-0.25, -0.2) is 0 Å². The van der Waals surface area contributed by atoms with Gasteiger partial charge in [0.2, 0.25) is 0 Å². The van der Waals surface area contributed by atoms with E-state index in [1.54, 1.807) is 6.07 Å². The minimum Gasteiger partial charge on any atom is -0.508 e. The molecule has 0 radical (unpaired) electrons. The highest BCUT2D eigenvalue weighted by Crippen LogP contribution is 2.18. The fourth-order valence-electron chi connectivity index (χ4n) is 1.17. The minimum absolute atomic E-state index is 0.303. The third-order valence-electron chi connectivity index (χ3n) is 1.91. The first-order chi connectivity index (χ1) is 6.13. The van der Waals surface area contributed by atoms with Gasteiger partial charge in [-0.15, -0.1) is 0 Å². The molecular formula is C10H13BrO2. The van der Waals surface area contributed by atoms with Crippen molar-refractivity contribution in [1.29, 1.82) is 0 Å². The molecule has 0 aromatic heterocycles. The normalized spacial score (nSPS) is 12.8. The maximum atomic E-state index is 9.36. The summed E-state index contributed by atoms with van der Waals surface area (Å²) in [6.07, 6.45) is 0.260. The molecule has 0 aliphatic rings. The standard InChI is InChI=1S/C10H13BrO2/c1-7-4-8(2-3-10(7)13)5-9(12)6-11/h2-4,9,12-13H,5-6H2,1H3. The maximum Gasteiger partial charge on any atom is 0.118 e. The highest BCUT2D eigenvalue weighted by Gasteiger charge is 2.04. The second-order valence-corrected chi connectivity index (χ2v) is 3.78. The fourth-order valence-corrected chi connectivity index (χ4v) is 1.40. The van der Waals surface area contributed by atoms with Gasteiger partial charge in [0.05, 0.1) is 6.10 Å². The molecule has 3 heteroatoms. The molecule has 1 aromatic rings. The number of alkyl halides is 1. The average Bonchev–Trinajstić information content (AvgIpc) is 2.11. The largest absolute Gasteiger partial charge is 0.508 e. The highest BCUT2D eigenvalue weighted by atomic mass is 79.9. The van der Waals surface area contributed by atoms with Gasteiger partial charge >= 0.3 is 0 Å². The first kappa shape index (κ1) is 10.5. The first-order valence-corrected chi connectivity index (χ1v) is 5.28. The molecule has 0 amide bonds. The fraction of sp³-hybridized carbons (Fsp3) is 0.400. The number of phenolic OH excluding ortho intramolecular Hbond substituents is 1. The number of aliphatic hydroxyl groups is 1. The van der Waals surface area contributed by atoms with Crippen LogP contribution in [0.2, 0.25) is 0 Å². The molecule has 1 aromatic carbocycles. The Bertz CT molecular complexity index is 286. The van der Waals surface area contributed by atoms with Gasteiger partial charge in [-0.2, -0.15) is 0 Å². The van der Waals surface area contributed by atoms with Crippen molar-refractivity contribution in [3.63, 3.8) is 0 Å². The molecule has 2 N–H and O–H groups in total. The molecule has 1 rings (SSSR count). The molecule has 0 spiro atoms. The van der Waals surface area contributed by atoms with Crippen LogP contribution >= 0.6 is 15.9 Å². The molecular weight excluding hydrogens is 232 g/mol. The summed E-state index contributed by atoms with van der Waals surface area (Å²) in [6, 6.07) is 5.38. The van der Waals surface area contributed by atoms with Crippen molar-refractivity contribution in [2.45, 2.75) is 19.4 Å². The van der Waals surface area contributed by atoms with Gasteiger partial charge in [0.1, 0.15) is 5.75 Å². The van der Waals surface area contributed by atoms with Crippen molar-refractivity contribution in [2.24, 2.45) is 0 Å². The molecule has 1 atom stereocenters. The van der Waals surface area contributed by atoms with Gasteiger partial charge in [0.15, 0.2) is 0 Å². The topological polar surface area (TPSA) is 40.5 Å². The minimum atomic E-state index is -0.357. The van der Waals surface area contributed by atoms with E-state index in [9.17, 15) is 10.2 Å². The van der Waals surface area contributed by atoms with Crippen LogP contribution in [0.1, 0.15) is 11.1 Å². The third-order valence-corrected chi connectivity index (χ3v) is 2.66. The van der Waals surface area contributed by atoms with E-state index in [4.69, 9.17) is 0 Å². The lowest BCUT2D eigenvalue weighted by molar-refractivity contribution is 0.201. The molecule has 72 valence electrons. The van der Waals surface area contributed by atoms with E-state index >= 15 is 0 Å². The number of halogens is 1. The third kappa shape index (κ3) is 3.01. The Labute approximate surface area is 86.3 Å². The van der Waals surface area contributed by atoms with Crippen LogP contribution in [0.5, 0.6) is 5.75 Å². The van der Waals surface area contributed by atoms with Crippen LogP contribution in [0, 0.1) is 6.92 Å². The summed E-state index contributed by atoms with van der Waals surface area (Å²) < 4.78 is 0. The summed E-state index contributed by atoms with van der Waals surface area (Å²) in [5.74, 6) is 0.303. The molecule has 0 aliphatic heterocycles. The summed E-state index contributed by atoms with van der Waals surface area (Å²) in [4.78, 5) is 0. The lowest BCUT2D eigenvalue weighted by Crippen LogP contribution is -2.11. The van der Waals surface area contributed by atoms with Crippen molar-refractivity contribution >= 4 is 15.9 Å². The van der Waals surface area contributed by atoms with Gasteiger partial charge in [0.25, 0.3) is 0 Å². The lowest BCUT2D eigenvalue weighted by atomic mass is 10.1. The summed E-state index contributed by atoms with van der Waals surface area (Å²) in [7, 11) is 0. The molecule has 1 unspecified atom stereocenters. The van der Waals surface area contributed by atoms with Crippen LogP contribution in [0.4, 0.5) is 0 Å². The molecule has 0 bridgehead atoms. The van der Waals surface area contributed by atoms with E-state index in [0.29, 0.717) is 17.5 Å². The Balaban J connectivity index is 2.73. The zero-order valence-electron chi connectivity index (χ0n) is 7.50. The number of benzene rings is 1. The van der Waals surface area contributed by atoms with Crippen molar-refractivity contribution < 1.29 is 10.2 Å². The number of rotatable bonds is 3. The second kappa shape index (κ2) is 4.63. The predicted octanol–water partition coefficient (Wildman–Crippen LogP) is 2.00. The van der Waals surface area contributed by atoms with Crippen LogP contribution in [0.3, 0.4) is 0 Å². The summed E-state index contributed by atoms with van der Waals surface area (Å²) in [6.45, 7) is 1.85. The maximum absolute atomic E-state index is 9.36. The number of aliphatic hydroxyl groups excluding tert-OH is 1. The monoisotopic (exact) mass is 244 g/mol. The summed E-state index contributed by atoms with van der Waals surface area (Å²) >= 11 is 3.21. The molecule has 13 heavy (non-hydrogen) atoms. The Hall–Kier alpha value is -0.540. The van der Waals surface area contributed by atoms with Crippen molar-refractivity contribution in [3.05, 3.63) is 29.3 Å². The lowest BCUT2D eigenvalue weighted by Gasteiger charge is -2.07. The zero-order valence-corrected chi connectivity index (χ0v) is 9.08. The smallest absolute Gasteiger partial charge is 0.118 e. The SMILES string of the molecule is Cc1cc(CC(O)CBr)ccc1O. The van der Waals surface area contributed by atoms with E-state index < -0.39 is 0 Å². The molecule has 0 saturated carbocycles. The van der Waals surface area contributed by atoms with Crippen molar-refractivity contribution in [3.8, 4) is 5.75 Å². The van der Waals surface area contributed by atoms with Gasteiger partial charge < -0.3 is 10.2 Å². The van der Waals surface area contributed by atoms with Gasteiger partial charge in [0, 0.05) is 5.33 Å². The molecule has 0 aliphatic carbocycles. The van der Waals surface area contributed by atoms with Crippen LogP contribution in [-0.4, -0.2) is 21.6 Å². The molecule has 0 heterocycles. The van der Waals surface area contributed by atoms with Crippen molar-refractivity contribution in [2.75, 3.05) is 5.33 Å². The summed E-state index contributed by atoms with van der Waals surface area (Å²) in [5.41, 5.74) is 1.89. The average molecular weight is 245 g/mol. The number of aryl methyl sites for hydroxylation is 1. The zero-order chi connectivity index (χ0) is 9.84. The quantitative estimate of drug-likeness (QED) is 0.799. The van der Waals surface area contributed by atoms with Gasteiger partial charge in [-0.3, -0.25) is 0 Å². The Morgan fingerprint density at radius 3 is 2.69 bits per heavy atom.